The lowest BCUT2D eigenvalue weighted by atomic mass is 9.39. The largest absolute Gasteiger partial charge is 0.443 e. The number of carbonyl (C=O) groups is 1. The van der Waals surface area contributed by atoms with Crippen LogP contribution in [0.2, 0.25) is 0 Å². The Morgan fingerprint density at radius 3 is 1.80 bits per heavy atom. The van der Waals surface area contributed by atoms with Gasteiger partial charge in [-0.1, -0.05) is 27.7 Å². The van der Waals surface area contributed by atoms with Crippen molar-refractivity contribution in [3.63, 3.8) is 0 Å². The Labute approximate surface area is 122 Å². The van der Waals surface area contributed by atoms with Crippen molar-refractivity contribution >= 4 is 6.09 Å². The summed E-state index contributed by atoms with van der Waals surface area (Å²) in [6.07, 6.45) is 7.84. The average molecular weight is 279 g/mol. The molecule has 0 heterocycles. The molecule has 3 heteroatoms. The molecule has 0 radical (unpaired) electrons. The molecule has 4 fully saturated rings. The van der Waals surface area contributed by atoms with Crippen LogP contribution in [-0.2, 0) is 4.74 Å². The molecule has 4 aliphatic rings. The fourth-order valence-corrected chi connectivity index (χ4v) is 6.74. The Kier molecular flexibility index (Phi) is 2.94. The van der Waals surface area contributed by atoms with Crippen molar-refractivity contribution in [2.45, 2.75) is 78.2 Å². The second-order valence-electron chi connectivity index (χ2n) is 8.99. The zero-order valence-corrected chi connectivity index (χ0v) is 13.5. The highest BCUT2D eigenvalue weighted by Gasteiger charge is 2.65. The summed E-state index contributed by atoms with van der Waals surface area (Å²) in [7, 11) is 0. The van der Waals surface area contributed by atoms with Crippen LogP contribution in [0.15, 0.2) is 0 Å². The van der Waals surface area contributed by atoms with Gasteiger partial charge in [0, 0.05) is 6.54 Å². The molecule has 0 unspecified atom stereocenters. The zero-order valence-electron chi connectivity index (χ0n) is 13.5. The van der Waals surface area contributed by atoms with Gasteiger partial charge in [-0.2, -0.15) is 0 Å². The third-order valence-corrected chi connectivity index (χ3v) is 5.64. The molecule has 0 aromatic carbocycles. The number of ether oxygens (including phenoxy) is 1. The van der Waals surface area contributed by atoms with Crippen molar-refractivity contribution in [3.8, 4) is 0 Å². The van der Waals surface area contributed by atoms with E-state index < -0.39 is 0 Å². The highest BCUT2D eigenvalue weighted by atomic mass is 16.6. The number of hydrogen-bond donors (Lipinski definition) is 1. The van der Waals surface area contributed by atoms with E-state index in [4.69, 9.17) is 4.74 Å². The molecule has 4 bridgehead atoms. The number of rotatable bonds is 3. The number of nitrogens with one attached hydrogen (secondary N) is 1. The molecule has 20 heavy (non-hydrogen) atoms. The van der Waals surface area contributed by atoms with Gasteiger partial charge in [-0.05, 0) is 61.2 Å². The lowest BCUT2D eigenvalue weighted by molar-refractivity contribution is -0.218. The Balaban J connectivity index is 1.81. The maximum atomic E-state index is 12.1. The first-order chi connectivity index (χ1) is 9.20. The normalized spacial score (nSPS) is 49.2. The van der Waals surface area contributed by atoms with Gasteiger partial charge in [0.25, 0.3) is 0 Å². The van der Waals surface area contributed by atoms with Crippen LogP contribution in [0.5, 0.6) is 0 Å². The lowest BCUT2D eigenvalue weighted by Crippen LogP contribution is -2.63. The SMILES string of the molecule is CCCNC(=O)OC12CC3(C)CC(C)(CC(C)(C3)C1)C2. The van der Waals surface area contributed by atoms with Crippen molar-refractivity contribution in [2.24, 2.45) is 16.2 Å². The average Bonchev–Trinajstić information content (AvgIpc) is 2.18. The minimum absolute atomic E-state index is 0.204. The summed E-state index contributed by atoms with van der Waals surface area (Å²) in [5.41, 5.74) is 0.890. The van der Waals surface area contributed by atoms with E-state index in [9.17, 15) is 4.79 Å². The van der Waals surface area contributed by atoms with Gasteiger partial charge in [-0.15, -0.1) is 0 Å². The summed E-state index contributed by atoms with van der Waals surface area (Å²) in [4.78, 5) is 12.1. The summed E-state index contributed by atoms with van der Waals surface area (Å²) < 4.78 is 6.00. The molecule has 0 spiro atoms. The van der Waals surface area contributed by atoms with Crippen LogP contribution in [-0.4, -0.2) is 18.2 Å². The van der Waals surface area contributed by atoms with Crippen molar-refractivity contribution < 1.29 is 9.53 Å². The molecule has 1 N–H and O–H groups in total. The summed E-state index contributed by atoms with van der Waals surface area (Å²) in [5.74, 6) is 0. The molecule has 0 aromatic heterocycles. The van der Waals surface area contributed by atoms with E-state index in [1.807, 2.05) is 0 Å². The molecule has 4 aliphatic carbocycles. The van der Waals surface area contributed by atoms with E-state index in [1.54, 1.807) is 0 Å². The molecule has 0 atom stereocenters. The molecular formula is C17H29NO2. The van der Waals surface area contributed by atoms with Gasteiger partial charge < -0.3 is 10.1 Å². The molecular weight excluding hydrogens is 250 g/mol. The standard InChI is InChI=1S/C17H29NO2/c1-5-6-18-13(19)20-17-10-14(2)7-15(3,11-17)9-16(4,8-14)12-17/h5-12H2,1-4H3,(H,18,19). The Bertz CT molecular complexity index is 377. The van der Waals surface area contributed by atoms with Gasteiger partial charge in [0.2, 0.25) is 0 Å². The summed E-state index contributed by atoms with van der Waals surface area (Å²) in [6.45, 7) is 9.99. The molecule has 114 valence electrons. The van der Waals surface area contributed by atoms with Crippen molar-refractivity contribution in [1.82, 2.24) is 5.32 Å². The van der Waals surface area contributed by atoms with Crippen molar-refractivity contribution in [2.75, 3.05) is 6.54 Å². The van der Waals surface area contributed by atoms with E-state index in [0.29, 0.717) is 22.8 Å². The molecule has 0 aliphatic heterocycles. The molecule has 0 aromatic rings. The second-order valence-corrected chi connectivity index (χ2v) is 8.99. The van der Waals surface area contributed by atoms with E-state index in [2.05, 4.69) is 33.0 Å². The van der Waals surface area contributed by atoms with Crippen LogP contribution in [0.25, 0.3) is 0 Å². The topological polar surface area (TPSA) is 38.3 Å². The predicted molar refractivity (Wildman–Crippen MR) is 79.5 cm³/mol. The van der Waals surface area contributed by atoms with Crippen LogP contribution in [0.4, 0.5) is 4.79 Å². The van der Waals surface area contributed by atoms with Crippen molar-refractivity contribution in [1.29, 1.82) is 0 Å². The van der Waals surface area contributed by atoms with Gasteiger partial charge in [-0.3, -0.25) is 0 Å². The third-order valence-electron chi connectivity index (χ3n) is 5.64. The summed E-state index contributed by atoms with van der Waals surface area (Å²) >= 11 is 0. The first-order valence-electron chi connectivity index (χ1n) is 8.17. The fraction of sp³-hybridized carbons (Fsp3) is 0.941. The first-order valence-corrected chi connectivity index (χ1v) is 8.17. The molecule has 1 amide bonds. The summed E-state index contributed by atoms with van der Waals surface area (Å²) in [6, 6.07) is 0. The van der Waals surface area contributed by atoms with Gasteiger partial charge in [0.05, 0.1) is 0 Å². The number of alkyl carbamates (subject to hydrolysis) is 1. The Hall–Kier alpha value is -0.730. The minimum Gasteiger partial charge on any atom is -0.443 e. The van der Waals surface area contributed by atoms with Crippen LogP contribution in [0, 0.1) is 16.2 Å². The highest BCUT2D eigenvalue weighted by Crippen LogP contribution is 2.71. The second kappa shape index (κ2) is 4.14. The maximum absolute atomic E-state index is 12.1. The predicted octanol–water partition coefficient (Wildman–Crippen LogP) is 4.26. The number of carbonyl (C=O) groups excluding carboxylic acids is 1. The fourth-order valence-electron chi connectivity index (χ4n) is 6.74. The van der Waals surface area contributed by atoms with Crippen LogP contribution in [0.1, 0.15) is 72.6 Å². The quantitative estimate of drug-likeness (QED) is 0.838. The monoisotopic (exact) mass is 279 g/mol. The third kappa shape index (κ3) is 2.33. The minimum atomic E-state index is -0.204. The van der Waals surface area contributed by atoms with Crippen LogP contribution in [0.3, 0.4) is 0 Å². The van der Waals surface area contributed by atoms with E-state index >= 15 is 0 Å². The maximum Gasteiger partial charge on any atom is 0.407 e. The molecule has 0 saturated heterocycles. The first kappa shape index (κ1) is 14.2. The highest BCUT2D eigenvalue weighted by molar-refractivity contribution is 5.67. The molecule has 3 nitrogen and oxygen atoms in total. The van der Waals surface area contributed by atoms with Gasteiger partial charge in [0.1, 0.15) is 5.60 Å². The lowest BCUT2D eigenvalue weighted by Gasteiger charge is -2.68. The van der Waals surface area contributed by atoms with E-state index in [-0.39, 0.29) is 11.7 Å². The van der Waals surface area contributed by atoms with E-state index in [0.717, 1.165) is 25.7 Å². The van der Waals surface area contributed by atoms with Crippen LogP contribution < -0.4 is 5.32 Å². The van der Waals surface area contributed by atoms with E-state index in [1.165, 1.54) is 19.3 Å². The van der Waals surface area contributed by atoms with Crippen LogP contribution >= 0.6 is 0 Å². The Morgan fingerprint density at radius 2 is 1.40 bits per heavy atom. The molecule has 4 saturated carbocycles. The number of hydrogen-bond acceptors (Lipinski definition) is 2. The van der Waals surface area contributed by atoms with Crippen molar-refractivity contribution in [3.05, 3.63) is 0 Å². The summed E-state index contributed by atoms with van der Waals surface area (Å²) in [5, 5.41) is 2.88. The molecule has 4 rings (SSSR count). The Morgan fingerprint density at radius 1 is 0.950 bits per heavy atom. The smallest absolute Gasteiger partial charge is 0.407 e. The van der Waals surface area contributed by atoms with Gasteiger partial charge >= 0.3 is 6.09 Å². The van der Waals surface area contributed by atoms with Gasteiger partial charge in [-0.25, -0.2) is 4.79 Å². The zero-order chi connectivity index (χ0) is 14.6. The number of amides is 1. The van der Waals surface area contributed by atoms with Gasteiger partial charge in [0.15, 0.2) is 0 Å².